The fourth-order valence-corrected chi connectivity index (χ4v) is 0.912. The first-order valence-electron chi connectivity index (χ1n) is 4.30. The second-order valence-corrected chi connectivity index (χ2v) is 2.31. The van der Waals surface area contributed by atoms with Gasteiger partial charge in [-0.2, -0.15) is 0 Å². The lowest BCUT2D eigenvalue weighted by molar-refractivity contribution is -0.286. The zero-order chi connectivity index (χ0) is 11.2. The molecule has 0 aromatic heterocycles. The fraction of sp³-hybridized carbons (Fsp3) is 0.125. The Balaban J connectivity index is 2.62. The summed E-state index contributed by atoms with van der Waals surface area (Å²) >= 11 is 0. The molecule has 0 fully saturated rings. The van der Waals surface area contributed by atoms with E-state index in [0.717, 1.165) is 6.07 Å². The number of aldehydes is 1. The lowest BCUT2D eigenvalue weighted by Gasteiger charge is -2.04. The summed E-state index contributed by atoms with van der Waals surface area (Å²) in [5, 5.41) is 0. The second kappa shape index (κ2) is 2.42. The topological polar surface area (TPSA) is 35.5 Å². The van der Waals surface area contributed by atoms with Crippen LogP contribution < -0.4 is 9.47 Å². The SMILES string of the molecule is [2H]c1cc2c(c([2H])c1C=O)OC(F)(F)O2. The van der Waals surface area contributed by atoms with Crippen LogP contribution in [-0.2, 0) is 0 Å². The van der Waals surface area contributed by atoms with E-state index in [0.29, 0.717) is 0 Å². The van der Waals surface area contributed by atoms with Crippen molar-refractivity contribution in [2.75, 3.05) is 0 Å². The summed E-state index contributed by atoms with van der Waals surface area (Å²) in [4.78, 5) is 10.5. The summed E-state index contributed by atoms with van der Waals surface area (Å²) in [7, 11) is 0. The van der Waals surface area contributed by atoms with Crippen molar-refractivity contribution in [2.45, 2.75) is 6.29 Å². The van der Waals surface area contributed by atoms with Gasteiger partial charge in [0, 0.05) is 5.56 Å². The smallest absolute Gasteiger partial charge is 0.395 e. The van der Waals surface area contributed by atoms with Gasteiger partial charge in [0.15, 0.2) is 11.5 Å². The van der Waals surface area contributed by atoms with Crippen LogP contribution in [0.5, 0.6) is 11.5 Å². The van der Waals surface area contributed by atoms with E-state index in [4.69, 9.17) is 2.74 Å². The van der Waals surface area contributed by atoms with Crippen molar-refractivity contribution in [1.82, 2.24) is 0 Å². The first-order chi connectivity index (χ1) is 6.94. The molecule has 0 spiro atoms. The zero-order valence-corrected chi connectivity index (χ0v) is 6.14. The average molecular weight is 188 g/mol. The van der Waals surface area contributed by atoms with Gasteiger partial charge in [-0.1, -0.05) is 0 Å². The van der Waals surface area contributed by atoms with Crippen LogP contribution in [0.25, 0.3) is 0 Å². The van der Waals surface area contributed by atoms with Crippen LogP contribution in [0.1, 0.15) is 13.1 Å². The number of rotatable bonds is 1. The van der Waals surface area contributed by atoms with Gasteiger partial charge >= 0.3 is 6.29 Å². The van der Waals surface area contributed by atoms with Crippen molar-refractivity contribution in [2.24, 2.45) is 0 Å². The summed E-state index contributed by atoms with van der Waals surface area (Å²) in [6.07, 6.45) is -3.60. The monoisotopic (exact) mass is 188 g/mol. The summed E-state index contributed by atoms with van der Waals surface area (Å²) in [6.45, 7) is 0. The van der Waals surface area contributed by atoms with Gasteiger partial charge in [-0.25, -0.2) is 0 Å². The van der Waals surface area contributed by atoms with Gasteiger partial charge in [0.25, 0.3) is 0 Å². The summed E-state index contributed by atoms with van der Waals surface area (Å²) in [5.74, 6) is -0.918. The molecule has 1 aromatic rings. The number of alkyl halides is 2. The largest absolute Gasteiger partial charge is 0.586 e. The predicted octanol–water partition coefficient (Wildman–Crippen LogP) is 1.82. The van der Waals surface area contributed by atoms with Gasteiger partial charge in [-0.15, -0.1) is 8.78 Å². The first-order valence-corrected chi connectivity index (χ1v) is 3.30. The molecule has 1 aromatic carbocycles. The number of hydrogen-bond donors (Lipinski definition) is 0. The quantitative estimate of drug-likeness (QED) is 0.630. The highest BCUT2D eigenvalue weighted by molar-refractivity contribution is 5.76. The number of fused-ring (bicyclic) bond motifs is 1. The fourth-order valence-electron chi connectivity index (χ4n) is 0.912. The molecule has 3 nitrogen and oxygen atoms in total. The van der Waals surface area contributed by atoms with Crippen LogP contribution in [0.4, 0.5) is 8.78 Å². The number of ether oxygens (including phenoxy) is 2. The van der Waals surface area contributed by atoms with Crippen molar-refractivity contribution in [1.29, 1.82) is 0 Å². The maximum absolute atomic E-state index is 12.6. The van der Waals surface area contributed by atoms with Gasteiger partial charge in [0.2, 0.25) is 0 Å². The second-order valence-electron chi connectivity index (χ2n) is 2.31. The molecule has 1 aliphatic rings. The molecule has 2 rings (SSSR count). The molecule has 0 atom stereocenters. The van der Waals surface area contributed by atoms with Gasteiger partial charge in [0.1, 0.15) is 6.29 Å². The van der Waals surface area contributed by atoms with E-state index in [1.54, 1.807) is 0 Å². The number of benzene rings is 1. The molecule has 0 amide bonds. The van der Waals surface area contributed by atoms with E-state index in [-0.39, 0.29) is 17.9 Å². The molecule has 0 aliphatic carbocycles. The Labute approximate surface area is 74.7 Å². The summed E-state index contributed by atoms with van der Waals surface area (Å²) < 4.78 is 47.9. The Morgan fingerprint density at radius 1 is 1.46 bits per heavy atom. The first kappa shape index (κ1) is 5.90. The molecule has 5 heteroatoms. The molecule has 1 heterocycles. The molecule has 68 valence electrons. The summed E-state index contributed by atoms with van der Waals surface area (Å²) in [5.41, 5.74) is -0.310. The van der Waals surface area contributed by atoms with Crippen molar-refractivity contribution in [3.63, 3.8) is 0 Å². The van der Waals surface area contributed by atoms with E-state index < -0.39 is 23.8 Å². The molecule has 0 unspecified atom stereocenters. The van der Waals surface area contributed by atoms with Crippen LogP contribution in [0.3, 0.4) is 0 Å². The normalized spacial score (nSPS) is 19.2. The molecule has 0 N–H and O–H groups in total. The average Bonchev–Trinajstić information content (AvgIpc) is 2.41. The van der Waals surface area contributed by atoms with Crippen LogP contribution in [0, 0.1) is 0 Å². The van der Waals surface area contributed by atoms with E-state index in [9.17, 15) is 13.6 Å². The van der Waals surface area contributed by atoms with Crippen molar-refractivity contribution < 1.29 is 25.8 Å². The number of carbonyl (C=O) groups excluding carboxylic acids is 1. The number of carbonyl (C=O) groups is 1. The minimum absolute atomic E-state index is 0.241. The molecule has 0 saturated heterocycles. The van der Waals surface area contributed by atoms with Crippen LogP contribution in [0.2, 0.25) is 0 Å². The maximum atomic E-state index is 12.6. The third kappa shape index (κ3) is 1.32. The van der Waals surface area contributed by atoms with Gasteiger partial charge in [-0.3, -0.25) is 4.79 Å². The Bertz CT molecular complexity index is 448. The molecule has 13 heavy (non-hydrogen) atoms. The zero-order valence-electron chi connectivity index (χ0n) is 8.14. The lowest BCUT2D eigenvalue weighted by atomic mass is 10.2. The molecule has 0 radical (unpaired) electrons. The van der Waals surface area contributed by atoms with Crippen molar-refractivity contribution >= 4 is 6.29 Å². The van der Waals surface area contributed by atoms with E-state index in [1.807, 2.05) is 0 Å². The van der Waals surface area contributed by atoms with Gasteiger partial charge < -0.3 is 9.47 Å². The third-order valence-corrected chi connectivity index (χ3v) is 1.40. The summed E-state index contributed by atoms with van der Waals surface area (Å²) in [6, 6.07) is -0.00222. The highest BCUT2D eigenvalue weighted by Gasteiger charge is 2.43. The standard InChI is InChI=1S/C8H4F2O3/c9-8(10)12-6-2-1-5(4-11)3-7(6)13-8/h1-4H/i1D,3D. The maximum Gasteiger partial charge on any atom is 0.586 e. The van der Waals surface area contributed by atoms with Crippen molar-refractivity contribution in [3.05, 3.63) is 23.7 Å². The van der Waals surface area contributed by atoms with Crippen LogP contribution >= 0.6 is 0 Å². The van der Waals surface area contributed by atoms with Crippen molar-refractivity contribution in [3.8, 4) is 11.5 Å². The minimum atomic E-state index is -3.84. The van der Waals surface area contributed by atoms with Crippen LogP contribution in [0.15, 0.2) is 18.2 Å². The van der Waals surface area contributed by atoms with Crippen LogP contribution in [-0.4, -0.2) is 12.6 Å². The van der Waals surface area contributed by atoms with Gasteiger partial charge in [0.05, 0.1) is 2.74 Å². The third-order valence-electron chi connectivity index (χ3n) is 1.40. The molecular formula is C8H4F2O3. The predicted molar refractivity (Wildman–Crippen MR) is 38.0 cm³/mol. The highest BCUT2D eigenvalue weighted by Crippen LogP contribution is 2.40. The van der Waals surface area contributed by atoms with E-state index in [1.165, 1.54) is 0 Å². The Hall–Kier alpha value is -1.65. The molecule has 0 bridgehead atoms. The van der Waals surface area contributed by atoms with Gasteiger partial charge in [-0.05, 0) is 18.2 Å². The Morgan fingerprint density at radius 2 is 2.15 bits per heavy atom. The number of hydrogen-bond acceptors (Lipinski definition) is 3. The minimum Gasteiger partial charge on any atom is -0.395 e. The molecule has 0 saturated carbocycles. The number of halogens is 2. The van der Waals surface area contributed by atoms with E-state index in [2.05, 4.69) is 9.47 Å². The molecule has 1 aliphatic heterocycles. The Morgan fingerprint density at radius 3 is 2.85 bits per heavy atom. The Kier molecular flexibility index (Phi) is 1.10. The lowest BCUT2D eigenvalue weighted by Crippen LogP contribution is -2.25. The molecular weight excluding hydrogens is 182 g/mol. The highest BCUT2D eigenvalue weighted by atomic mass is 19.3. The van der Waals surface area contributed by atoms with E-state index >= 15 is 0 Å².